The molecule has 0 unspecified atom stereocenters. The Balaban J connectivity index is 0.00000392. The van der Waals surface area contributed by atoms with Crippen molar-refractivity contribution in [1.82, 2.24) is 20.9 Å². The monoisotopic (exact) mass is 507 g/mol. The van der Waals surface area contributed by atoms with Gasteiger partial charge in [0.05, 0.1) is 0 Å². The van der Waals surface area contributed by atoms with Gasteiger partial charge >= 0.3 is 0 Å². The number of piperidine rings is 1. The Morgan fingerprint density at radius 3 is 2.39 bits per heavy atom. The molecule has 28 heavy (non-hydrogen) atoms. The molecule has 2 aliphatic rings. The zero-order valence-corrected chi connectivity index (χ0v) is 20.3. The van der Waals surface area contributed by atoms with Crippen LogP contribution >= 0.6 is 24.0 Å². The Morgan fingerprint density at radius 2 is 1.71 bits per heavy atom. The minimum Gasteiger partial charge on any atom is -0.357 e. The number of carbonyl (C=O) groups is 1. The van der Waals surface area contributed by atoms with E-state index in [1.54, 1.807) is 0 Å². The molecule has 164 valence electrons. The van der Waals surface area contributed by atoms with E-state index in [0.29, 0.717) is 25.4 Å². The van der Waals surface area contributed by atoms with Crippen LogP contribution in [0.3, 0.4) is 0 Å². The summed E-state index contributed by atoms with van der Waals surface area (Å²) in [6.07, 6.45) is 9.49. The van der Waals surface area contributed by atoms with Crippen LogP contribution in [0.1, 0.15) is 65.2 Å². The Morgan fingerprint density at radius 1 is 1.04 bits per heavy atom. The molecule has 3 N–H and O–H groups in total. The quantitative estimate of drug-likeness (QED) is 0.184. The average molecular weight is 508 g/mol. The number of aliphatic imine (C=N–C) groups is 1. The van der Waals surface area contributed by atoms with Gasteiger partial charge in [-0.1, -0.05) is 19.8 Å². The minimum atomic E-state index is 0. The first kappa shape index (κ1) is 25.5. The maximum atomic E-state index is 12.0. The Bertz CT molecular complexity index is 446. The number of nitrogens with zero attached hydrogens (tertiary/aromatic N) is 2. The molecule has 0 spiro atoms. The van der Waals surface area contributed by atoms with E-state index in [-0.39, 0.29) is 29.9 Å². The van der Waals surface area contributed by atoms with Crippen LogP contribution in [-0.4, -0.2) is 62.6 Å². The summed E-state index contributed by atoms with van der Waals surface area (Å²) in [5, 5.41) is 9.64. The van der Waals surface area contributed by atoms with Crippen molar-refractivity contribution in [1.29, 1.82) is 0 Å². The summed E-state index contributed by atoms with van der Waals surface area (Å²) in [5.41, 5.74) is 0. The van der Waals surface area contributed by atoms with Gasteiger partial charge in [-0.2, -0.15) is 0 Å². The summed E-state index contributed by atoms with van der Waals surface area (Å²) in [6.45, 7) is 11.1. The van der Waals surface area contributed by atoms with Crippen LogP contribution in [0.15, 0.2) is 4.99 Å². The van der Waals surface area contributed by atoms with E-state index in [4.69, 9.17) is 0 Å². The molecule has 1 saturated carbocycles. The molecular weight excluding hydrogens is 465 g/mol. The topological polar surface area (TPSA) is 68.8 Å². The van der Waals surface area contributed by atoms with Crippen LogP contribution in [0.25, 0.3) is 0 Å². The summed E-state index contributed by atoms with van der Waals surface area (Å²) in [6, 6.07) is 0. The fourth-order valence-electron chi connectivity index (χ4n) is 4.04. The third-order valence-electron chi connectivity index (χ3n) is 5.81. The first-order valence-corrected chi connectivity index (χ1v) is 11.2. The fourth-order valence-corrected chi connectivity index (χ4v) is 4.04. The average Bonchev–Trinajstić information content (AvgIpc) is 3.16. The molecule has 1 aliphatic carbocycles. The van der Waals surface area contributed by atoms with Crippen LogP contribution in [-0.2, 0) is 4.79 Å². The number of rotatable bonds is 10. The van der Waals surface area contributed by atoms with Crippen molar-refractivity contribution in [3.63, 3.8) is 0 Å². The number of halogens is 1. The Kier molecular flexibility index (Phi) is 13.9. The van der Waals surface area contributed by atoms with Crippen LogP contribution < -0.4 is 16.0 Å². The third-order valence-corrected chi connectivity index (χ3v) is 5.81. The fraction of sp³-hybridized carbons (Fsp3) is 0.905. The highest BCUT2D eigenvalue weighted by Crippen LogP contribution is 2.27. The number of amides is 1. The molecule has 7 heteroatoms. The van der Waals surface area contributed by atoms with Gasteiger partial charge in [0.2, 0.25) is 5.91 Å². The Labute approximate surface area is 189 Å². The molecule has 0 aromatic rings. The normalized spacial score (nSPS) is 19.3. The van der Waals surface area contributed by atoms with Gasteiger partial charge in [0.25, 0.3) is 0 Å². The van der Waals surface area contributed by atoms with E-state index in [0.717, 1.165) is 37.9 Å². The molecule has 0 aromatic carbocycles. The Hall–Kier alpha value is -0.570. The van der Waals surface area contributed by atoms with Crippen molar-refractivity contribution in [2.75, 3.05) is 45.8 Å². The first-order chi connectivity index (χ1) is 13.2. The molecule has 2 fully saturated rings. The van der Waals surface area contributed by atoms with E-state index >= 15 is 0 Å². The second-order valence-electron chi connectivity index (χ2n) is 8.27. The van der Waals surface area contributed by atoms with E-state index in [9.17, 15) is 4.79 Å². The highest BCUT2D eigenvalue weighted by Gasteiger charge is 2.18. The summed E-state index contributed by atoms with van der Waals surface area (Å²) >= 11 is 0. The van der Waals surface area contributed by atoms with Gasteiger partial charge < -0.3 is 20.9 Å². The van der Waals surface area contributed by atoms with Crippen LogP contribution in [0, 0.1) is 11.8 Å². The lowest BCUT2D eigenvalue weighted by molar-refractivity contribution is -0.121. The van der Waals surface area contributed by atoms with Crippen molar-refractivity contribution >= 4 is 35.8 Å². The van der Waals surface area contributed by atoms with Gasteiger partial charge in [0.1, 0.15) is 0 Å². The van der Waals surface area contributed by atoms with Gasteiger partial charge in [0, 0.05) is 32.6 Å². The number of hydrogen-bond donors (Lipinski definition) is 3. The molecule has 0 radical (unpaired) electrons. The molecule has 1 amide bonds. The number of carbonyl (C=O) groups excluding carboxylic acids is 1. The third kappa shape index (κ3) is 10.8. The molecule has 2 rings (SSSR count). The van der Waals surface area contributed by atoms with Crippen LogP contribution in [0.5, 0.6) is 0 Å². The number of guanidine groups is 1. The highest BCUT2D eigenvalue weighted by atomic mass is 127. The summed E-state index contributed by atoms with van der Waals surface area (Å²) < 4.78 is 0. The van der Waals surface area contributed by atoms with E-state index < -0.39 is 0 Å². The second-order valence-corrected chi connectivity index (χ2v) is 8.27. The maximum absolute atomic E-state index is 12.0. The lowest BCUT2D eigenvalue weighted by Crippen LogP contribution is -2.41. The number of hydrogen-bond acceptors (Lipinski definition) is 3. The van der Waals surface area contributed by atoms with Gasteiger partial charge in [-0.3, -0.25) is 9.79 Å². The number of nitrogens with one attached hydrogen (secondary N) is 3. The van der Waals surface area contributed by atoms with Crippen LogP contribution in [0.2, 0.25) is 0 Å². The standard InChI is InChI=1S/C21H41N5O.HI/c1-3-22-21(24-11-6-14-26-15-9-18(2)10-16-26)25-13-12-23-20(27)17-19-7-4-5-8-19;/h18-19H,3-17H2,1-2H3,(H,23,27)(H2,22,24,25);1H. The molecule has 0 bridgehead atoms. The first-order valence-electron chi connectivity index (χ1n) is 11.2. The SMILES string of the molecule is CCNC(=NCCCN1CCC(C)CC1)NCCNC(=O)CC1CCCC1.I. The maximum Gasteiger partial charge on any atom is 0.220 e. The van der Waals surface area contributed by atoms with Gasteiger partial charge in [0.15, 0.2) is 5.96 Å². The molecule has 0 aromatic heterocycles. The minimum absolute atomic E-state index is 0. The molecular formula is C21H42IN5O. The zero-order chi connectivity index (χ0) is 19.3. The zero-order valence-electron chi connectivity index (χ0n) is 18.0. The number of likely N-dealkylation sites (tertiary alicyclic amines) is 1. The second kappa shape index (κ2) is 15.3. The lowest BCUT2D eigenvalue weighted by atomic mass is 9.99. The lowest BCUT2D eigenvalue weighted by Gasteiger charge is -2.29. The predicted octanol–water partition coefficient (Wildman–Crippen LogP) is 2.98. The summed E-state index contributed by atoms with van der Waals surface area (Å²) in [7, 11) is 0. The molecule has 1 heterocycles. The van der Waals surface area contributed by atoms with Crippen molar-refractivity contribution in [2.45, 2.75) is 65.2 Å². The molecule has 6 nitrogen and oxygen atoms in total. The predicted molar refractivity (Wildman–Crippen MR) is 128 cm³/mol. The van der Waals surface area contributed by atoms with Crippen molar-refractivity contribution in [2.24, 2.45) is 16.8 Å². The van der Waals surface area contributed by atoms with Crippen LogP contribution in [0.4, 0.5) is 0 Å². The van der Waals surface area contributed by atoms with E-state index in [1.807, 2.05) is 0 Å². The molecule has 1 aliphatic heterocycles. The smallest absolute Gasteiger partial charge is 0.220 e. The highest BCUT2D eigenvalue weighted by molar-refractivity contribution is 14.0. The van der Waals surface area contributed by atoms with Crippen molar-refractivity contribution < 1.29 is 4.79 Å². The summed E-state index contributed by atoms with van der Waals surface area (Å²) in [4.78, 5) is 19.2. The van der Waals surface area contributed by atoms with Crippen molar-refractivity contribution in [3.8, 4) is 0 Å². The van der Waals surface area contributed by atoms with Gasteiger partial charge in [-0.05, 0) is 70.5 Å². The van der Waals surface area contributed by atoms with Crippen molar-refractivity contribution in [3.05, 3.63) is 0 Å². The van der Waals surface area contributed by atoms with Gasteiger partial charge in [-0.15, -0.1) is 24.0 Å². The summed E-state index contributed by atoms with van der Waals surface area (Å²) in [5.74, 6) is 2.55. The van der Waals surface area contributed by atoms with E-state index in [2.05, 4.69) is 39.7 Å². The molecule has 0 atom stereocenters. The van der Waals surface area contributed by atoms with E-state index in [1.165, 1.54) is 51.6 Å². The van der Waals surface area contributed by atoms with Gasteiger partial charge in [-0.25, -0.2) is 0 Å². The largest absolute Gasteiger partial charge is 0.357 e. The molecule has 1 saturated heterocycles.